The summed E-state index contributed by atoms with van der Waals surface area (Å²) < 4.78 is 16.6. The highest BCUT2D eigenvalue weighted by atomic mass is 32.1. The van der Waals surface area contributed by atoms with Crippen molar-refractivity contribution in [1.82, 2.24) is 25.3 Å². The minimum atomic E-state index is -4.67. The average molecular weight is 500 g/mol. The van der Waals surface area contributed by atoms with E-state index in [1.807, 2.05) is 37.3 Å². The molecule has 4 aromatic rings. The number of carbonyl (C=O) groups is 1. The van der Waals surface area contributed by atoms with Crippen LogP contribution in [0.4, 0.5) is 9.93 Å². The Kier molecular flexibility index (Phi) is 6.96. The van der Waals surface area contributed by atoms with Gasteiger partial charge < -0.3 is 15.1 Å². The van der Waals surface area contributed by atoms with Gasteiger partial charge in [0.2, 0.25) is 0 Å². The molecule has 0 spiro atoms. The van der Waals surface area contributed by atoms with Gasteiger partial charge in [0.1, 0.15) is 6.10 Å². The lowest BCUT2D eigenvalue weighted by Gasteiger charge is -2.12. The molecule has 0 unspecified atom stereocenters. The summed E-state index contributed by atoms with van der Waals surface area (Å²) in [6, 6.07) is 9.05. The quantitative estimate of drug-likeness (QED) is 0.274. The van der Waals surface area contributed by atoms with Crippen molar-refractivity contribution < 1.29 is 23.7 Å². The Balaban J connectivity index is 1.74. The van der Waals surface area contributed by atoms with Crippen molar-refractivity contribution in [2.45, 2.75) is 20.0 Å². The van der Waals surface area contributed by atoms with Crippen molar-refractivity contribution in [3.05, 3.63) is 54.7 Å². The third-order valence-electron chi connectivity index (χ3n) is 4.65. The highest BCUT2D eigenvalue weighted by Gasteiger charge is 2.22. The third kappa shape index (κ3) is 5.61. The number of hydrogen-bond donors (Lipinski definition) is 4. The first kappa shape index (κ1) is 23.9. The van der Waals surface area contributed by atoms with E-state index in [0.717, 1.165) is 21.5 Å². The molecule has 0 saturated heterocycles. The molecular formula is C21H21N6O5PS. The van der Waals surface area contributed by atoms with Crippen molar-refractivity contribution in [2.75, 3.05) is 11.9 Å². The highest BCUT2D eigenvalue weighted by Crippen LogP contribution is 2.42. The molecule has 0 radical (unpaired) electrons. The second kappa shape index (κ2) is 9.92. The van der Waals surface area contributed by atoms with E-state index < -0.39 is 13.9 Å². The molecule has 11 nitrogen and oxygen atoms in total. The van der Waals surface area contributed by atoms with E-state index in [1.54, 1.807) is 18.6 Å². The predicted octanol–water partition coefficient (Wildman–Crippen LogP) is 4.13. The molecule has 1 atom stereocenters. The van der Waals surface area contributed by atoms with Crippen LogP contribution in [0.25, 0.3) is 32.6 Å². The first-order valence-corrected chi connectivity index (χ1v) is 12.6. The lowest BCUT2D eigenvalue weighted by Crippen LogP contribution is -2.28. The first-order valence-electron chi connectivity index (χ1n) is 10.2. The Hall–Kier alpha value is -3.28. The molecule has 0 fully saturated rings. The SMILES string of the molecule is CCNC(=O)Nc1nc2cc(-c3cnc([C@H](C)OP(=O)(O)O)nc3)cc(-c3ccccn3)c2s1. The van der Waals surface area contributed by atoms with Gasteiger partial charge in [-0.2, -0.15) is 0 Å². The van der Waals surface area contributed by atoms with Crippen LogP contribution < -0.4 is 10.6 Å². The number of urea groups is 1. The highest BCUT2D eigenvalue weighted by molar-refractivity contribution is 7.46. The second-order valence-corrected chi connectivity index (χ2v) is 9.35. The van der Waals surface area contributed by atoms with E-state index in [0.29, 0.717) is 22.8 Å². The van der Waals surface area contributed by atoms with E-state index in [4.69, 9.17) is 9.79 Å². The zero-order chi connectivity index (χ0) is 24.3. The number of fused-ring (bicyclic) bond motifs is 1. The van der Waals surface area contributed by atoms with Crippen LogP contribution in [-0.2, 0) is 9.09 Å². The number of benzene rings is 1. The molecule has 3 heterocycles. The van der Waals surface area contributed by atoms with Crippen molar-refractivity contribution in [1.29, 1.82) is 0 Å². The summed E-state index contributed by atoms with van der Waals surface area (Å²) in [5.41, 5.74) is 3.66. The van der Waals surface area contributed by atoms with E-state index in [1.165, 1.54) is 18.3 Å². The molecule has 34 heavy (non-hydrogen) atoms. The first-order chi connectivity index (χ1) is 16.2. The predicted molar refractivity (Wildman–Crippen MR) is 128 cm³/mol. The van der Waals surface area contributed by atoms with Crippen molar-refractivity contribution >= 4 is 40.5 Å². The van der Waals surface area contributed by atoms with Crippen LogP contribution in [0.5, 0.6) is 0 Å². The zero-order valence-corrected chi connectivity index (χ0v) is 19.9. The average Bonchev–Trinajstić information content (AvgIpc) is 3.20. The lowest BCUT2D eigenvalue weighted by molar-refractivity contribution is 0.140. The van der Waals surface area contributed by atoms with Crippen molar-refractivity contribution in [3.8, 4) is 22.4 Å². The Morgan fingerprint density at radius 3 is 2.59 bits per heavy atom. The number of phosphoric acid groups is 1. The summed E-state index contributed by atoms with van der Waals surface area (Å²) in [6.07, 6.45) is 3.81. The minimum Gasteiger partial charge on any atom is -0.338 e. The number of aromatic nitrogens is 4. The van der Waals surface area contributed by atoms with Gasteiger partial charge in [0, 0.05) is 36.3 Å². The second-order valence-electron chi connectivity index (χ2n) is 7.16. The van der Waals surface area contributed by atoms with Gasteiger partial charge in [-0.05, 0) is 43.7 Å². The summed E-state index contributed by atoms with van der Waals surface area (Å²) in [5, 5.41) is 5.87. The van der Waals surface area contributed by atoms with Gasteiger partial charge in [-0.25, -0.2) is 24.3 Å². The van der Waals surface area contributed by atoms with Crippen LogP contribution in [0.3, 0.4) is 0 Å². The standard InChI is InChI=1S/C21H21N6O5PS/c1-3-22-20(28)27-21-26-17-9-13(8-15(18(17)34-21)16-6-4-5-7-23-16)14-10-24-19(25-11-14)12(2)32-33(29,30)31/h4-12H,3H2,1-2H3,(H2,29,30,31)(H2,22,26,27,28)/t12-/m0/s1. The van der Waals surface area contributed by atoms with E-state index in [9.17, 15) is 9.36 Å². The summed E-state index contributed by atoms with van der Waals surface area (Å²) in [5.74, 6) is 0.139. The van der Waals surface area contributed by atoms with Gasteiger partial charge in [-0.3, -0.25) is 14.8 Å². The van der Waals surface area contributed by atoms with Crippen LogP contribution in [0.1, 0.15) is 25.8 Å². The maximum atomic E-state index is 12.0. The monoisotopic (exact) mass is 500 g/mol. The summed E-state index contributed by atoms with van der Waals surface area (Å²) >= 11 is 1.34. The number of rotatable bonds is 7. The van der Waals surface area contributed by atoms with Crippen molar-refractivity contribution in [3.63, 3.8) is 0 Å². The van der Waals surface area contributed by atoms with E-state index >= 15 is 0 Å². The molecule has 0 saturated carbocycles. The molecule has 4 N–H and O–H groups in total. The smallest absolute Gasteiger partial charge is 0.338 e. The maximum Gasteiger partial charge on any atom is 0.470 e. The summed E-state index contributed by atoms with van der Waals surface area (Å²) in [7, 11) is -4.67. The summed E-state index contributed by atoms with van der Waals surface area (Å²) in [4.78, 5) is 47.4. The minimum absolute atomic E-state index is 0.139. The molecule has 0 aliphatic heterocycles. The fourth-order valence-corrected chi connectivity index (χ4v) is 4.69. The Bertz CT molecular complexity index is 1360. The number of carbonyl (C=O) groups excluding carboxylic acids is 1. The number of thiazole rings is 1. The molecule has 1 aromatic carbocycles. The molecule has 0 bridgehead atoms. The molecular weight excluding hydrogens is 479 g/mol. The molecule has 13 heteroatoms. The van der Waals surface area contributed by atoms with Gasteiger partial charge in [0.25, 0.3) is 0 Å². The number of nitrogens with one attached hydrogen (secondary N) is 2. The fraction of sp³-hybridized carbons (Fsp3) is 0.190. The Morgan fingerprint density at radius 1 is 1.18 bits per heavy atom. The normalized spacial score (nSPS) is 12.5. The van der Waals surface area contributed by atoms with Crippen LogP contribution in [0.15, 0.2) is 48.9 Å². The van der Waals surface area contributed by atoms with Gasteiger partial charge in [0.05, 0.1) is 15.9 Å². The molecule has 0 aliphatic rings. The Labute approximate surface area is 198 Å². The van der Waals surface area contributed by atoms with Gasteiger partial charge in [0.15, 0.2) is 11.0 Å². The lowest BCUT2D eigenvalue weighted by atomic mass is 10.0. The van der Waals surface area contributed by atoms with Gasteiger partial charge in [-0.1, -0.05) is 17.4 Å². The number of phosphoric ester groups is 1. The molecule has 3 aromatic heterocycles. The zero-order valence-electron chi connectivity index (χ0n) is 18.2. The fourth-order valence-electron chi connectivity index (χ4n) is 3.22. The van der Waals surface area contributed by atoms with E-state index in [-0.39, 0.29) is 11.9 Å². The van der Waals surface area contributed by atoms with Crippen LogP contribution in [0.2, 0.25) is 0 Å². The summed E-state index contributed by atoms with van der Waals surface area (Å²) in [6.45, 7) is 3.78. The third-order valence-corrected chi connectivity index (χ3v) is 6.26. The molecule has 176 valence electrons. The number of pyridine rings is 1. The number of nitrogens with zero attached hydrogens (tertiary/aromatic N) is 4. The largest absolute Gasteiger partial charge is 0.470 e. The molecule has 2 amide bonds. The van der Waals surface area contributed by atoms with Gasteiger partial charge >= 0.3 is 13.9 Å². The van der Waals surface area contributed by atoms with Crippen LogP contribution >= 0.6 is 19.2 Å². The van der Waals surface area contributed by atoms with Crippen molar-refractivity contribution in [2.24, 2.45) is 0 Å². The van der Waals surface area contributed by atoms with Gasteiger partial charge in [-0.15, -0.1) is 0 Å². The number of amides is 2. The molecule has 0 aliphatic carbocycles. The van der Waals surface area contributed by atoms with Crippen LogP contribution in [-0.4, -0.2) is 42.3 Å². The Morgan fingerprint density at radius 2 is 1.94 bits per heavy atom. The number of anilines is 1. The number of hydrogen-bond acceptors (Lipinski definition) is 8. The molecule has 4 rings (SSSR count). The maximum absolute atomic E-state index is 12.0. The van der Waals surface area contributed by atoms with E-state index in [2.05, 4.69) is 35.1 Å². The van der Waals surface area contributed by atoms with Crippen LogP contribution in [0, 0.1) is 0 Å². The topological polar surface area (TPSA) is 159 Å².